The van der Waals surface area contributed by atoms with Crippen LogP contribution in [0.25, 0.3) is 6.08 Å². The van der Waals surface area contributed by atoms with Crippen molar-refractivity contribution in [1.29, 1.82) is 0 Å². The van der Waals surface area contributed by atoms with Gasteiger partial charge in [0, 0.05) is 10.0 Å². The quantitative estimate of drug-likeness (QED) is 0.602. The number of methoxy groups -OCH3 is 1. The fourth-order valence-electron chi connectivity index (χ4n) is 2.12. The number of hydrogen-bond acceptors (Lipinski definition) is 4. The van der Waals surface area contributed by atoms with Crippen LogP contribution in [0.4, 0.5) is 4.39 Å². The van der Waals surface area contributed by atoms with Gasteiger partial charge in [0.2, 0.25) is 5.90 Å². The molecule has 116 valence electrons. The van der Waals surface area contributed by atoms with Crippen molar-refractivity contribution in [2.24, 2.45) is 4.99 Å². The summed E-state index contributed by atoms with van der Waals surface area (Å²) in [7, 11) is 1.53. The zero-order valence-corrected chi connectivity index (χ0v) is 13.6. The van der Waals surface area contributed by atoms with Gasteiger partial charge in [-0.25, -0.2) is 14.2 Å². The Morgan fingerprint density at radius 1 is 1.26 bits per heavy atom. The van der Waals surface area contributed by atoms with Crippen molar-refractivity contribution >= 4 is 33.9 Å². The third-order valence-corrected chi connectivity index (χ3v) is 3.70. The van der Waals surface area contributed by atoms with Gasteiger partial charge < -0.3 is 9.47 Å². The average Bonchev–Trinajstić information content (AvgIpc) is 2.89. The van der Waals surface area contributed by atoms with Crippen LogP contribution in [-0.2, 0) is 9.53 Å². The van der Waals surface area contributed by atoms with Gasteiger partial charge in [-0.3, -0.25) is 0 Å². The lowest BCUT2D eigenvalue weighted by atomic mass is 10.1. The molecule has 6 heteroatoms. The number of aliphatic imine (C=N–C) groups is 1. The SMILES string of the molecule is COc1ccc(Br)cc1/C=C1\N=C(c2ccccc2F)OC1=O. The number of carbonyl (C=O) groups excluding carboxylic acids is 1. The van der Waals surface area contributed by atoms with Crippen molar-refractivity contribution in [2.45, 2.75) is 0 Å². The molecule has 1 aliphatic heterocycles. The Hall–Kier alpha value is -2.47. The highest BCUT2D eigenvalue weighted by Gasteiger charge is 2.26. The first kappa shape index (κ1) is 15.4. The number of benzene rings is 2. The first-order chi connectivity index (χ1) is 11.1. The summed E-state index contributed by atoms with van der Waals surface area (Å²) >= 11 is 3.36. The molecule has 0 saturated heterocycles. The highest BCUT2D eigenvalue weighted by molar-refractivity contribution is 9.10. The van der Waals surface area contributed by atoms with Crippen LogP contribution in [0.5, 0.6) is 5.75 Å². The molecular weight excluding hydrogens is 365 g/mol. The number of nitrogens with zero attached hydrogens (tertiary/aromatic N) is 1. The monoisotopic (exact) mass is 375 g/mol. The molecule has 0 atom stereocenters. The summed E-state index contributed by atoms with van der Waals surface area (Å²) in [6.07, 6.45) is 1.54. The van der Waals surface area contributed by atoms with Crippen LogP contribution in [0.2, 0.25) is 0 Å². The van der Waals surface area contributed by atoms with E-state index in [1.165, 1.54) is 19.2 Å². The topological polar surface area (TPSA) is 47.9 Å². The Morgan fingerprint density at radius 3 is 2.78 bits per heavy atom. The maximum Gasteiger partial charge on any atom is 0.363 e. The Balaban J connectivity index is 2.02. The molecule has 1 aliphatic rings. The molecule has 4 nitrogen and oxygen atoms in total. The minimum Gasteiger partial charge on any atom is -0.496 e. The first-order valence-corrected chi connectivity index (χ1v) is 7.49. The van der Waals surface area contributed by atoms with Crippen LogP contribution in [0, 0.1) is 5.82 Å². The summed E-state index contributed by atoms with van der Waals surface area (Å²) in [6, 6.07) is 11.4. The second-order valence-corrected chi connectivity index (χ2v) is 5.62. The molecule has 0 spiro atoms. The number of rotatable bonds is 3. The number of esters is 1. The average molecular weight is 376 g/mol. The summed E-state index contributed by atoms with van der Waals surface area (Å²) in [6.45, 7) is 0. The highest BCUT2D eigenvalue weighted by atomic mass is 79.9. The van der Waals surface area contributed by atoms with Gasteiger partial charge in [0.1, 0.15) is 11.6 Å². The summed E-state index contributed by atoms with van der Waals surface area (Å²) in [4.78, 5) is 16.1. The van der Waals surface area contributed by atoms with Crippen LogP contribution >= 0.6 is 15.9 Å². The summed E-state index contributed by atoms with van der Waals surface area (Å²) in [5.74, 6) is -0.595. The molecule has 0 aromatic heterocycles. The van der Waals surface area contributed by atoms with Gasteiger partial charge in [0.15, 0.2) is 5.70 Å². The van der Waals surface area contributed by atoms with E-state index in [0.29, 0.717) is 11.3 Å². The zero-order chi connectivity index (χ0) is 16.4. The highest BCUT2D eigenvalue weighted by Crippen LogP contribution is 2.27. The predicted molar refractivity (Wildman–Crippen MR) is 87.7 cm³/mol. The molecule has 2 aromatic carbocycles. The molecule has 3 rings (SSSR count). The molecule has 0 saturated carbocycles. The molecule has 0 fully saturated rings. The number of carbonyl (C=O) groups is 1. The van der Waals surface area contributed by atoms with Crippen LogP contribution in [0.3, 0.4) is 0 Å². The Morgan fingerprint density at radius 2 is 2.04 bits per heavy atom. The van der Waals surface area contributed by atoms with Gasteiger partial charge in [-0.05, 0) is 36.4 Å². The van der Waals surface area contributed by atoms with Crippen molar-refractivity contribution < 1.29 is 18.7 Å². The van der Waals surface area contributed by atoms with Gasteiger partial charge in [-0.15, -0.1) is 0 Å². The molecule has 0 aliphatic carbocycles. The van der Waals surface area contributed by atoms with Gasteiger partial charge in [-0.1, -0.05) is 28.1 Å². The normalized spacial score (nSPS) is 15.5. The molecule has 1 heterocycles. The Kier molecular flexibility index (Phi) is 4.25. The molecule has 0 amide bonds. The second-order valence-electron chi connectivity index (χ2n) is 4.70. The van der Waals surface area contributed by atoms with Gasteiger partial charge in [0.25, 0.3) is 0 Å². The molecular formula is C17H11BrFNO3. The van der Waals surface area contributed by atoms with Crippen LogP contribution in [0.1, 0.15) is 11.1 Å². The summed E-state index contributed by atoms with van der Waals surface area (Å²) in [5.41, 5.74) is 0.887. The molecule has 0 unspecified atom stereocenters. The molecule has 2 aromatic rings. The van der Waals surface area contributed by atoms with Crippen LogP contribution in [-0.4, -0.2) is 19.0 Å². The molecule has 0 radical (unpaired) electrons. The van der Waals surface area contributed by atoms with E-state index >= 15 is 0 Å². The lowest BCUT2D eigenvalue weighted by molar-refractivity contribution is -0.129. The van der Waals surface area contributed by atoms with E-state index in [2.05, 4.69) is 20.9 Å². The molecule has 0 bridgehead atoms. The van der Waals surface area contributed by atoms with Crippen molar-refractivity contribution in [3.63, 3.8) is 0 Å². The predicted octanol–water partition coefficient (Wildman–Crippen LogP) is 3.94. The zero-order valence-electron chi connectivity index (χ0n) is 12.0. The lowest BCUT2D eigenvalue weighted by Gasteiger charge is -2.04. The Labute approximate surface area is 140 Å². The lowest BCUT2D eigenvalue weighted by Crippen LogP contribution is -2.07. The first-order valence-electron chi connectivity index (χ1n) is 6.69. The van der Waals surface area contributed by atoms with Crippen molar-refractivity contribution in [1.82, 2.24) is 0 Å². The smallest absolute Gasteiger partial charge is 0.363 e. The van der Waals surface area contributed by atoms with Crippen molar-refractivity contribution in [3.8, 4) is 5.75 Å². The molecule has 0 N–H and O–H groups in total. The van der Waals surface area contributed by atoms with Gasteiger partial charge in [0.05, 0.1) is 12.7 Å². The van der Waals surface area contributed by atoms with Crippen LogP contribution < -0.4 is 4.74 Å². The minimum atomic E-state index is -0.634. The maximum atomic E-state index is 13.8. The maximum absolute atomic E-state index is 13.8. The van der Waals surface area contributed by atoms with Crippen molar-refractivity contribution in [2.75, 3.05) is 7.11 Å². The largest absolute Gasteiger partial charge is 0.496 e. The van der Waals surface area contributed by atoms with Crippen molar-refractivity contribution in [3.05, 3.63) is 69.6 Å². The van der Waals surface area contributed by atoms with E-state index in [-0.39, 0.29) is 17.2 Å². The van der Waals surface area contributed by atoms with E-state index in [4.69, 9.17) is 9.47 Å². The number of cyclic esters (lactones) is 1. The number of hydrogen-bond donors (Lipinski definition) is 0. The Bertz CT molecular complexity index is 845. The number of halogens is 2. The third kappa shape index (κ3) is 3.17. The summed E-state index contributed by atoms with van der Waals surface area (Å²) in [5, 5.41) is 0. The number of ether oxygens (including phenoxy) is 2. The minimum absolute atomic E-state index is 0.0479. The van der Waals surface area contributed by atoms with Crippen LogP contribution in [0.15, 0.2) is 57.6 Å². The third-order valence-electron chi connectivity index (χ3n) is 3.21. The fraction of sp³-hybridized carbons (Fsp3) is 0.0588. The fourth-order valence-corrected chi connectivity index (χ4v) is 2.50. The second kappa shape index (κ2) is 6.34. The molecule has 23 heavy (non-hydrogen) atoms. The standard InChI is InChI=1S/C17H11BrFNO3/c1-22-15-7-6-11(18)8-10(15)9-14-17(21)23-16(20-14)12-4-2-3-5-13(12)19/h2-9H,1H3/b14-9-. The van der Waals surface area contributed by atoms with E-state index in [9.17, 15) is 9.18 Å². The van der Waals surface area contributed by atoms with Gasteiger partial charge in [-0.2, -0.15) is 0 Å². The van der Waals surface area contributed by atoms with E-state index < -0.39 is 11.8 Å². The van der Waals surface area contributed by atoms with E-state index in [1.807, 2.05) is 6.07 Å². The van der Waals surface area contributed by atoms with E-state index in [0.717, 1.165) is 4.47 Å². The summed E-state index contributed by atoms with van der Waals surface area (Å²) < 4.78 is 24.9. The van der Waals surface area contributed by atoms with E-state index in [1.54, 1.807) is 30.3 Å². The van der Waals surface area contributed by atoms with Gasteiger partial charge >= 0.3 is 5.97 Å².